The third-order valence-corrected chi connectivity index (χ3v) is 4.39. The van der Waals surface area contributed by atoms with Gasteiger partial charge in [0.2, 0.25) is 5.95 Å². The van der Waals surface area contributed by atoms with E-state index in [1.165, 1.54) is 19.3 Å². The Kier molecular flexibility index (Phi) is 6.04. The Balaban J connectivity index is 1.63. The Hall–Kier alpha value is -2.63. The summed E-state index contributed by atoms with van der Waals surface area (Å²) in [6.45, 7) is 6.90. The van der Waals surface area contributed by atoms with Gasteiger partial charge in [-0.2, -0.15) is 0 Å². The molecule has 26 heavy (non-hydrogen) atoms. The van der Waals surface area contributed by atoms with Gasteiger partial charge in [0, 0.05) is 24.3 Å². The third kappa shape index (κ3) is 4.71. The van der Waals surface area contributed by atoms with Gasteiger partial charge >= 0.3 is 0 Å². The Morgan fingerprint density at radius 2 is 1.88 bits per heavy atom. The van der Waals surface area contributed by atoms with Gasteiger partial charge in [0.25, 0.3) is 5.91 Å². The first-order valence-electron chi connectivity index (χ1n) is 9.26. The van der Waals surface area contributed by atoms with Crippen LogP contribution in [-0.4, -0.2) is 35.6 Å². The van der Waals surface area contributed by atoms with Crippen molar-refractivity contribution < 1.29 is 9.53 Å². The molecule has 1 N–H and O–H groups in total. The molecule has 0 aliphatic carbocycles. The number of carbonyl (C=O) groups is 1. The normalized spacial score (nSPS) is 14.2. The number of piperidine rings is 1. The van der Waals surface area contributed by atoms with Gasteiger partial charge in [-0.25, -0.2) is 9.97 Å². The number of hydrogen-bond acceptors (Lipinski definition) is 5. The zero-order valence-corrected chi connectivity index (χ0v) is 15.5. The fourth-order valence-electron chi connectivity index (χ4n) is 3.08. The molecule has 1 aliphatic heterocycles. The Bertz CT molecular complexity index is 740. The maximum Gasteiger partial charge on any atom is 0.251 e. The van der Waals surface area contributed by atoms with Crippen molar-refractivity contribution in [2.24, 2.45) is 0 Å². The van der Waals surface area contributed by atoms with E-state index in [-0.39, 0.29) is 5.91 Å². The molecule has 1 amide bonds. The van der Waals surface area contributed by atoms with Crippen molar-refractivity contribution in [3.8, 4) is 5.75 Å². The van der Waals surface area contributed by atoms with Crippen molar-refractivity contribution in [3.63, 3.8) is 0 Å². The lowest BCUT2D eigenvalue weighted by Gasteiger charge is -2.27. The maximum absolute atomic E-state index is 12.4. The molecule has 0 atom stereocenters. The summed E-state index contributed by atoms with van der Waals surface area (Å²) in [5.41, 5.74) is 2.36. The van der Waals surface area contributed by atoms with Crippen molar-refractivity contribution in [2.75, 3.05) is 24.6 Å². The summed E-state index contributed by atoms with van der Waals surface area (Å²) in [6, 6.07) is 9.07. The first-order chi connectivity index (χ1) is 12.7. The van der Waals surface area contributed by atoms with E-state index in [2.05, 4.69) is 20.2 Å². The smallest absolute Gasteiger partial charge is 0.251 e. The SMILES string of the molecule is CCOc1ccc(C(=O)NCc2cc(C)nc(N3CCCCC3)n2)cc1. The summed E-state index contributed by atoms with van der Waals surface area (Å²) in [7, 11) is 0. The van der Waals surface area contributed by atoms with Gasteiger partial charge in [0.15, 0.2) is 0 Å². The molecule has 0 saturated carbocycles. The van der Waals surface area contributed by atoms with Gasteiger partial charge in [-0.05, 0) is 63.4 Å². The molecule has 1 aliphatic rings. The van der Waals surface area contributed by atoms with Crippen molar-refractivity contribution in [1.29, 1.82) is 0 Å². The molecule has 1 aromatic heterocycles. The summed E-state index contributed by atoms with van der Waals surface area (Å²) in [5.74, 6) is 1.42. The van der Waals surface area contributed by atoms with E-state index in [0.717, 1.165) is 36.2 Å². The van der Waals surface area contributed by atoms with Crippen molar-refractivity contribution >= 4 is 11.9 Å². The summed E-state index contributed by atoms with van der Waals surface area (Å²) in [4.78, 5) is 23.8. The van der Waals surface area contributed by atoms with Crippen LogP contribution >= 0.6 is 0 Å². The number of carbonyl (C=O) groups excluding carboxylic acids is 1. The minimum absolute atomic E-state index is 0.121. The van der Waals surface area contributed by atoms with Gasteiger partial charge in [0.05, 0.1) is 18.8 Å². The molecule has 0 bridgehead atoms. The van der Waals surface area contributed by atoms with E-state index in [1.807, 2.05) is 32.0 Å². The summed E-state index contributed by atoms with van der Waals surface area (Å²) in [6.07, 6.45) is 3.63. The molecule has 1 fully saturated rings. The van der Waals surface area contributed by atoms with Gasteiger partial charge in [-0.1, -0.05) is 0 Å². The summed E-state index contributed by atoms with van der Waals surface area (Å²) < 4.78 is 5.40. The van der Waals surface area contributed by atoms with Crippen LogP contribution in [0.1, 0.15) is 47.9 Å². The van der Waals surface area contributed by atoms with Gasteiger partial charge in [0.1, 0.15) is 5.75 Å². The standard InChI is InChI=1S/C20H26N4O2/c1-3-26-18-9-7-16(8-10-18)19(25)21-14-17-13-15(2)22-20(23-17)24-11-5-4-6-12-24/h7-10,13H,3-6,11-12,14H2,1-2H3,(H,21,25). The van der Waals surface area contributed by atoms with Crippen LogP contribution in [0.25, 0.3) is 0 Å². The number of aromatic nitrogens is 2. The lowest BCUT2D eigenvalue weighted by molar-refractivity contribution is 0.0950. The fraction of sp³-hybridized carbons (Fsp3) is 0.450. The highest BCUT2D eigenvalue weighted by molar-refractivity contribution is 5.94. The zero-order valence-electron chi connectivity index (χ0n) is 15.5. The average Bonchev–Trinajstić information content (AvgIpc) is 2.67. The van der Waals surface area contributed by atoms with Crippen LogP contribution in [0.4, 0.5) is 5.95 Å². The molecule has 138 valence electrons. The number of benzene rings is 1. The second-order valence-corrected chi connectivity index (χ2v) is 6.49. The molecule has 1 saturated heterocycles. The molecular formula is C20H26N4O2. The second kappa shape index (κ2) is 8.65. The quantitative estimate of drug-likeness (QED) is 0.863. The number of ether oxygens (including phenoxy) is 1. The summed E-state index contributed by atoms with van der Waals surface area (Å²) >= 11 is 0. The number of hydrogen-bond donors (Lipinski definition) is 1. The first kappa shape index (κ1) is 18.2. The van der Waals surface area contributed by atoms with Crippen molar-refractivity contribution in [2.45, 2.75) is 39.7 Å². The monoisotopic (exact) mass is 354 g/mol. The Labute approximate surface area is 154 Å². The van der Waals surface area contributed by atoms with Crippen LogP contribution in [0.2, 0.25) is 0 Å². The number of nitrogens with zero attached hydrogens (tertiary/aromatic N) is 3. The van der Waals surface area contributed by atoms with Crippen LogP contribution in [0.5, 0.6) is 5.75 Å². The van der Waals surface area contributed by atoms with Crippen LogP contribution < -0.4 is 15.0 Å². The summed E-state index contributed by atoms with van der Waals surface area (Å²) in [5, 5.41) is 2.94. The van der Waals surface area contributed by atoms with Crippen LogP contribution in [0.15, 0.2) is 30.3 Å². The first-order valence-corrected chi connectivity index (χ1v) is 9.26. The zero-order chi connectivity index (χ0) is 18.4. The van der Waals surface area contributed by atoms with Crippen LogP contribution in [0, 0.1) is 6.92 Å². The van der Waals surface area contributed by atoms with Crippen molar-refractivity contribution in [1.82, 2.24) is 15.3 Å². The van der Waals surface area contributed by atoms with E-state index in [9.17, 15) is 4.79 Å². The van der Waals surface area contributed by atoms with E-state index < -0.39 is 0 Å². The van der Waals surface area contributed by atoms with Crippen molar-refractivity contribution in [3.05, 3.63) is 47.3 Å². The van der Waals surface area contributed by atoms with Gasteiger partial charge in [-0.3, -0.25) is 4.79 Å². The molecule has 6 heteroatoms. The molecule has 0 spiro atoms. The van der Waals surface area contributed by atoms with E-state index in [4.69, 9.17) is 4.74 Å². The minimum Gasteiger partial charge on any atom is -0.494 e. The number of nitrogens with one attached hydrogen (secondary N) is 1. The van der Waals surface area contributed by atoms with Crippen LogP contribution in [0.3, 0.4) is 0 Å². The number of aryl methyl sites for hydroxylation is 1. The Morgan fingerprint density at radius 3 is 2.58 bits per heavy atom. The lowest BCUT2D eigenvalue weighted by Crippen LogP contribution is -2.31. The highest BCUT2D eigenvalue weighted by atomic mass is 16.5. The highest BCUT2D eigenvalue weighted by Crippen LogP contribution is 2.17. The maximum atomic E-state index is 12.4. The Morgan fingerprint density at radius 1 is 1.15 bits per heavy atom. The average molecular weight is 354 g/mol. The molecule has 0 radical (unpaired) electrons. The van der Waals surface area contributed by atoms with E-state index in [0.29, 0.717) is 18.7 Å². The largest absolute Gasteiger partial charge is 0.494 e. The number of anilines is 1. The topological polar surface area (TPSA) is 67.3 Å². The molecule has 2 heterocycles. The van der Waals surface area contributed by atoms with E-state index >= 15 is 0 Å². The second-order valence-electron chi connectivity index (χ2n) is 6.49. The van der Waals surface area contributed by atoms with Crippen LogP contribution in [-0.2, 0) is 6.54 Å². The lowest BCUT2D eigenvalue weighted by atomic mass is 10.1. The minimum atomic E-state index is -0.121. The molecule has 0 unspecified atom stereocenters. The van der Waals surface area contributed by atoms with E-state index in [1.54, 1.807) is 12.1 Å². The van der Waals surface area contributed by atoms with Gasteiger partial charge < -0.3 is 15.0 Å². The number of rotatable bonds is 6. The fourth-order valence-corrected chi connectivity index (χ4v) is 3.08. The molecule has 6 nitrogen and oxygen atoms in total. The predicted molar refractivity (Wildman–Crippen MR) is 102 cm³/mol. The third-order valence-electron chi connectivity index (χ3n) is 4.39. The molecule has 1 aromatic carbocycles. The predicted octanol–water partition coefficient (Wildman–Crippen LogP) is 3.10. The molecule has 2 aromatic rings. The number of amides is 1. The van der Waals surface area contributed by atoms with Gasteiger partial charge in [-0.15, -0.1) is 0 Å². The molecule has 3 rings (SSSR count). The molecular weight excluding hydrogens is 328 g/mol. The highest BCUT2D eigenvalue weighted by Gasteiger charge is 2.15.